The summed E-state index contributed by atoms with van der Waals surface area (Å²) in [5, 5.41) is 24.2. The number of benzene rings is 3. The molecule has 0 unspecified atom stereocenters. The van der Waals surface area contributed by atoms with E-state index in [0.717, 1.165) is 17.5 Å². The summed E-state index contributed by atoms with van der Waals surface area (Å²) < 4.78 is 0. The SMILES string of the molecule is O=C(O)c1cccc2c1N[C@@H](c1ccc([N+](=O)[O-])cc1)[C@H]1Cc3ccccc3[C@@H]21. The summed E-state index contributed by atoms with van der Waals surface area (Å²) in [7, 11) is 0. The molecule has 0 amide bonds. The number of hydrogen-bond acceptors (Lipinski definition) is 4. The molecule has 0 spiro atoms. The molecule has 0 radical (unpaired) electrons. The summed E-state index contributed by atoms with van der Waals surface area (Å²) in [5.74, 6) is -0.686. The van der Waals surface area contributed by atoms with Crippen molar-refractivity contribution in [1.82, 2.24) is 0 Å². The normalized spacial score (nSPS) is 21.4. The van der Waals surface area contributed by atoms with Gasteiger partial charge < -0.3 is 10.4 Å². The van der Waals surface area contributed by atoms with Gasteiger partial charge >= 0.3 is 5.97 Å². The first kappa shape index (κ1) is 17.4. The van der Waals surface area contributed by atoms with Crippen LogP contribution in [0.1, 0.15) is 44.6 Å². The van der Waals surface area contributed by atoms with Crippen molar-refractivity contribution >= 4 is 17.3 Å². The number of nitro groups is 1. The van der Waals surface area contributed by atoms with Crippen LogP contribution in [0.15, 0.2) is 66.7 Å². The average Bonchev–Trinajstić information content (AvgIpc) is 3.12. The van der Waals surface area contributed by atoms with E-state index >= 15 is 0 Å². The maximum Gasteiger partial charge on any atom is 0.337 e. The van der Waals surface area contributed by atoms with E-state index in [0.29, 0.717) is 5.69 Å². The number of nitro benzene ring substituents is 1. The number of rotatable bonds is 3. The predicted molar refractivity (Wildman–Crippen MR) is 108 cm³/mol. The zero-order chi connectivity index (χ0) is 20.1. The molecule has 3 aromatic rings. The maximum absolute atomic E-state index is 11.9. The molecular formula is C23H18N2O4. The molecule has 0 fully saturated rings. The van der Waals surface area contributed by atoms with Gasteiger partial charge in [0.15, 0.2) is 0 Å². The number of nitrogens with zero attached hydrogens (tertiary/aromatic N) is 1. The Morgan fingerprint density at radius 3 is 2.45 bits per heavy atom. The lowest BCUT2D eigenvalue weighted by Crippen LogP contribution is -2.31. The van der Waals surface area contributed by atoms with E-state index in [4.69, 9.17) is 0 Å². The smallest absolute Gasteiger partial charge is 0.337 e. The second-order valence-corrected chi connectivity index (χ2v) is 7.59. The molecule has 1 aliphatic heterocycles. The van der Waals surface area contributed by atoms with Gasteiger partial charge in [-0.3, -0.25) is 10.1 Å². The highest BCUT2D eigenvalue weighted by Gasteiger charge is 2.44. The number of nitrogens with one attached hydrogen (secondary N) is 1. The molecule has 5 rings (SSSR count). The first-order valence-electron chi connectivity index (χ1n) is 9.49. The van der Waals surface area contributed by atoms with Gasteiger partial charge in [-0.2, -0.15) is 0 Å². The summed E-state index contributed by atoms with van der Waals surface area (Å²) in [4.78, 5) is 22.5. The van der Waals surface area contributed by atoms with Crippen molar-refractivity contribution in [2.24, 2.45) is 5.92 Å². The number of carbonyl (C=O) groups is 1. The van der Waals surface area contributed by atoms with Crippen LogP contribution in [-0.2, 0) is 6.42 Å². The predicted octanol–water partition coefficient (Wildman–Crippen LogP) is 4.76. The minimum atomic E-state index is -0.971. The molecule has 0 saturated carbocycles. The molecule has 29 heavy (non-hydrogen) atoms. The van der Waals surface area contributed by atoms with Gasteiger partial charge in [-0.25, -0.2) is 4.79 Å². The van der Waals surface area contributed by atoms with Crippen molar-refractivity contribution in [3.8, 4) is 0 Å². The average molecular weight is 386 g/mol. The number of carboxylic acids is 1. The molecular weight excluding hydrogens is 368 g/mol. The summed E-state index contributed by atoms with van der Waals surface area (Å²) in [5.41, 5.74) is 5.35. The van der Waals surface area contributed by atoms with E-state index in [2.05, 4.69) is 17.4 Å². The third-order valence-corrected chi connectivity index (χ3v) is 6.13. The largest absolute Gasteiger partial charge is 0.478 e. The van der Waals surface area contributed by atoms with Gasteiger partial charge in [0.05, 0.1) is 22.2 Å². The summed E-state index contributed by atoms with van der Waals surface area (Å²) in [6.45, 7) is 0. The summed E-state index contributed by atoms with van der Waals surface area (Å²) >= 11 is 0. The quantitative estimate of drug-likeness (QED) is 0.500. The van der Waals surface area contributed by atoms with E-state index in [1.165, 1.54) is 23.3 Å². The van der Waals surface area contributed by atoms with Crippen LogP contribution >= 0.6 is 0 Å². The molecule has 144 valence electrons. The van der Waals surface area contributed by atoms with Crippen LogP contribution in [0, 0.1) is 16.0 Å². The molecule has 6 nitrogen and oxygen atoms in total. The molecule has 0 saturated heterocycles. The fraction of sp³-hybridized carbons (Fsp3) is 0.174. The third-order valence-electron chi connectivity index (χ3n) is 6.13. The van der Waals surface area contributed by atoms with Gasteiger partial charge in [0.25, 0.3) is 5.69 Å². The molecule has 1 aliphatic carbocycles. The van der Waals surface area contributed by atoms with Crippen LogP contribution in [0.4, 0.5) is 11.4 Å². The Balaban J connectivity index is 1.67. The molecule has 3 atom stereocenters. The number of non-ortho nitro benzene ring substituents is 1. The van der Waals surface area contributed by atoms with Crippen LogP contribution in [0.3, 0.4) is 0 Å². The standard InChI is InChI=1S/C23H18N2O4/c26-23(27)18-7-3-6-17-20-16-5-2-1-4-14(16)12-19(20)21(24-22(17)18)13-8-10-15(11-9-13)25(28)29/h1-11,19-21,24H,12H2,(H,26,27)/t19-,20-,21-/m0/s1. The number of carboxylic acid groups (broad SMARTS) is 1. The number of hydrogen-bond donors (Lipinski definition) is 2. The minimum Gasteiger partial charge on any atom is -0.478 e. The van der Waals surface area contributed by atoms with Gasteiger partial charge in [0.2, 0.25) is 0 Å². The number of anilines is 1. The second-order valence-electron chi connectivity index (χ2n) is 7.59. The Labute approximate surface area is 167 Å². The van der Waals surface area contributed by atoms with Crippen molar-refractivity contribution in [3.05, 3.63) is 105 Å². The second kappa shape index (κ2) is 6.44. The van der Waals surface area contributed by atoms with Crippen molar-refractivity contribution in [3.63, 3.8) is 0 Å². The van der Waals surface area contributed by atoms with Crippen LogP contribution in [-0.4, -0.2) is 16.0 Å². The molecule has 6 heteroatoms. The molecule has 0 bridgehead atoms. The van der Waals surface area contributed by atoms with E-state index in [1.807, 2.05) is 18.2 Å². The molecule has 2 aliphatic rings. The lowest BCUT2D eigenvalue weighted by molar-refractivity contribution is -0.384. The Kier molecular flexibility index (Phi) is 3.87. The van der Waals surface area contributed by atoms with E-state index in [-0.39, 0.29) is 29.1 Å². The Hall–Kier alpha value is -3.67. The van der Waals surface area contributed by atoms with Gasteiger partial charge in [-0.1, -0.05) is 48.5 Å². The van der Waals surface area contributed by atoms with Crippen molar-refractivity contribution in [2.75, 3.05) is 5.32 Å². The van der Waals surface area contributed by atoms with Crippen LogP contribution in [0.5, 0.6) is 0 Å². The monoisotopic (exact) mass is 386 g/mol. The third kappa shape index (κ3) is 2.68. The lowest BCUT2D eigenvalue weighted by atomic mass is 9.75. The van der Waals surface area contributed by atoms with Gasteiger partial charge in [0.1, 0.15) is 0 Å². The van der Waals surface area contributed by atoms with Gasteiger partial charge in [-0.05, 0) is 40.7 Å². The van der Waals surface area contributed by atoms with Gasteiger partial charge in [0, 0.05) is 18.1 Å². The molecule has 2 N–H and O–H groups in total. The lowest BCUT2D eigenvalue weighted by Gasteiger charge is -2.38. The Morgan fingerprint density at radius 1 is 1.00 bits per heavy atom. The number of aromatic carboxylic acids is 1. The zero-order valence-corrected chi connectivity index (χ0v) is 15.4. The number of fused-ring (bicyclic) bond motifs is 5. The Bertz CT molecular complexity index is 1140. The first-order valence-corrected chi connectivity index (χ1v) is 9.49. The molecule has 0 aromatic heterocycles. The highest BCUT2D eigenvalue weighted by molar-refractivity contribution is 5.96. The van der Waals surface area contributed by atoms with Gasteiger partial charge in [-0.15, -0.1) is 0 Å². The molecule has 3 aromatic carbocycles. The zero-order valence-electron chi connectivity index (χ0n) is 15.4. The first-order chi connectivity index (χ1) is 14.0. The van der Waals surface area contributed by atoms with Crippen molar-refractivity contribution in [2.45, 2.75) is 18.4 Å². The van der Waals surface area contributed by atoms with Crippen molar-refractivity contribution in [1.29, 1.82) is 0 Å². The summed E-state index contributed by atoms with van der Waals surface area (Å²) in [6.07, 6.45) is 0.867. The summed E-state index contributed by atoms with van der Waals surface area (Å²) in [6, 6.07) is 20.1. The van der Waals surface area contributed by atoms with Crippen LogP contribution < -0.4 is 5.32 Å². The highest BCUT2D eigenvalue weighted by atomic mass is 16.6. The number of para-hydroxylation sites is 1. The van der Waals surface area contributed by atoms with Crippen molar-refractivity contribution < 1.29 is 14.8 Å². The van der Waals surface area contributed by atoms with E-state index < -0.39 is 10.9 Å². The van der Waals surface area contributed by atoms with E-state index in [9.17, 15) is 20.0 Å². The van der Waals surface area contributed by atoms with E-state index in [1.54, 1.807) is 24.3 Å². The topological polar surface area (TPSA) is 92.5 Å². The fourth-order valence-electron chi connectivity index (χ4n) is 4.90. The maximum atomic E-state index is 11.9. The highest BCUT2D eigenvalue weighted by Crippen LogP contribution is 2.54. The molecule has 1 heterocycles. The minimum absolute atomic E-state index is 0.0439. The van der Waals surface area contributed by atoms with Crippen LogP contribution in [0.2, 0.25) is 0 Å². The Morgan fingerprint density at radius 2 is 1.72 bits per heavy atom. The van der Waals surface area contributed by atoms with Crippen LogP contribution in [0.25, 0.3) is 0 Å². The fourth-order valence-corrected chi connectivity index (χ4v) is 4.90.